The van der Waals surface area contributed by atoms with Crippen molar-refractivity contribution in [2.75, 3.05) is 41.3 Å². The molecule has 0 bridgehead atoms. The molecule has 26 heavy (non-hydrogen) atoms. The second-order valence-electron chi connectivity index (χ2n) is 6.10. The molecular formula is C19H20FN5O. The largest absolute Gasteiger partial charge is 0.467 e. The summed E-state index contributed by atoms with van der Waals surface area (Å²) in [7, 11) is 0. The number of nitrogens with zero attached hydrogens (tertiary/aromatic N) is 4. The molecule has 3 heterocycles. The lowest BCUT2D eigenvalue weighted by Gasteiger charge is -2.36. The van der Waals surface area contributed by atoms with E-state index in [9.17, 15) is 4.39 Å². The van der Waals surface area contributed by atoms with Crippen molar-refractivity contribution >= 4 is 17.5 Å². The maximum Gasteiger partial charge on any atom is 0.227 e. The summed E-state index contributed by atoms with van der Waals surface area (Å²) in [4.78, 5) is 13.1. The SMILES string of the molecule is Fc1ccccc1N1CCN(c2nccc(NCc3ccco3)n2)CC1. The van der Waals surface area contributed by atoms with E-state index in [0.717, 1.165) is 37.8 Å². The molecule has 0 unspecified atom stereocenters. The molecule has 1 aromatic carbocycles. The van der Waals surface area contributed by atoms with Crippen molar-refractivity contribution in [2.45, 2.75) is 6.54 Å². The molecule has 4 rings (SSSR count). The van der Waals surface area contributed by atoms with Gasteiger partial charge in [0.05, 0.1) is 18.5 Å². The van der Waals surface area contributed by atoms with Gasteiger partial charge in [-0.3, -0.25) is 0 Å². The second-order valence-corrected chi connectivity index (χ2v) is 6.10. The molecule has 134 valence electrons. The minimum Gasteiger partial charge on any atom is -0.467 e. The predicted octanol–water partition coefficient (Wildman–Crippen LogP) is 3.15. The second kappa shape index (κ2) is 7.43. The van der Waals surface area contributed by atoms with E-state index in [1.54, 1.807) is 18.5 Å². The topological polar surface area (TPSA) is 57.4 Å². The van der Waals surface area contributed by atoms with Gasteiger partial charge in [-0.25, -0.2) is 9.37 Å². The van der Waals surface area contributed by atoms with Gasteiger partial charge in [-0.15, -0.1) is 0 Å². The maximum absolute atomic E-state index is 14.0. The zero-order valence-electron chi connectivity index (χ0n) is 14.3. The van der Waals surface area contributed by atoms with Crippen LogP contribution < -0.4 is 15.1 Å². The van der Waals surface area contributed by atoms with Crippen LogP contribution in [0, 0.1) is 5.82 Å². The highest BCUT2D eigenvalue weighted by Gasteiger charge is 2.21. The smallest absolute Gasteiger partial charge is 0.227 e. The average Bonchev–Trinajstić information content (AvgIpc) is 3.21. The summed E-state index contributed by atoms with van der Waals surface area (Å²) in [6, 6.07) is 12.5. The third-order valence-corrected chi connectivity index (χ3v) is 4.42. The number of hydrogen-bond donors (Lipinski definition) is 1. The van der Waals surface area contributed by atoms with Gasteiger partial charge < -0.3 is 19.5 Å². The summed E-state index contributed by atoms with van der Waals surface area (Å²) < 4.78 is 19.3. The molecule has 0 atom stereocenters. The van der Waals surface area contributed by atoms with Crippen molar-refractivity contribution in [2.24, 2.45) is 0 Å². The Labute approximate surface area is 151 Å². The molecule has 1 aliphatic rings. The van der Waals surface area contributed by atoms with Crippen molar-refractivity contribution in [3.05, 3.63) is 66.5 Å². The van der Waals surface area contributed by atoms with Gasteiger partial charge in [-0.2, -0.15) is 4.98 Å². The molecule has 1 aliphatic heterocycles. The van der Waals surface area contributed by atoms with Crippen molar-refractivity contribution < 1.29 is 8.81 Å². The predicted molar refractivity (Wildman–Crippen MR) is 98.9 cm³/mol. The summed E-state index contributed by atoms with van der Waals surface area (Å²) in [5, 5.41) is 3.24. The van der Waals surface area contributed by atoms with Gasteiger partial charge in [0.1, 0.15) is 17.4 Å². The fraction of sp³-hybridized carbons (Fsp3) is 0.263. The van der Waals surface area contributed by atoms with Crippen LogP contribution in [0.2, 0.25) is 0 Å². The fourth-order valence-electron chi connectivity index (χ4n) is 3.05. The molecule has 0 amide bonds. The molecule has 0 spiro atoms. The van der Waals surface area contributed by atoms with Crippen molar-refractivity contribution in [1.82, 2.24) is 9.97 Å². The number of nitrogens with one attached hydrogen (secondary N) is 1. The summed E-state index contributed by atoms with van der Waals surface area (Å²) >= 11 is 0. The molecule has 1 saturated heterocycles. The third-order valence-electron chi connectivity index (χ3n) is 4.42. The van der Waals surface area contributed by atoms with Crippen LogP contribution in [0.4, 0.5) is 21.8 Å². The Morgan fingerprint density at radius 1 is 1.00 bits per heavy atom. The number of anilines is 3. The summed E-state index contributed by atoms with van der Waals surface area (Å²) in [5.41, 5.74) is 0.655. The quantitative estimate of drug-likeness (QED) is 0.760. The van der Waals surface area contributed by atoms with Crippen molar-refractivity contribution in [3.8, 4) is 0 Å². The Kier molecular flexibility index (Phi) is 4.68. The van der Waals surface area contributed by atoms with Gasteiger partial charge in [0.25, 0.3) is 0 Å². The van der Waals surface area contributed by atoms with Crippen LogP contribution >= 0.6 is 0 Å². The van der Waals surface area contributed by atoms with Gasteiger partial charge in [0.15, 0.2) is 0 Å². The highest BCUT2D eigenvalue weighted by Crippen LogP contribution is 2.21. The first-order valence-electron chi connectivity index (χ1n) is 8.63. The minimum absolute atomic E-state index is 0.179. The molecule has 0 saturated carbocycles. The molecule has 7 heteroatoms. The number of aromatic nitrogens is 2. The molecule has 6 nitrogen and oxygen atoms in total. The van der Waals surface area contributed by atoms with Crippen LogP contribution in [0.1, 0.15) is 5.76 Å². The van der Waals surface area contributed by atoms with E-state index in [-0.39, 0.29) is 5.82 Å². The van der Waals surface area contributed by atoms with E-state index in [4.69, 9.17) is 4.42 Å². The Morgan fingerprint density at radius 2 is 1.81 bits per heavy atom. The van der Waals surface area contributed by atoms with E-state index in [1.165, 1.54) is 6.07 Å². The fourth-order valence-corrected chi connectivity index (χ4v) is 3.05. The summed E-state index contributed by atoms with van der Waals surface area (Å²) in [6.07, 6.45) is 3.40. The molecule has 2 aromatic heterocycles. The van der Waals surface area contributed by atoms with E-state index < -0.39 is 0 Å². The normalized spacial score (nSPS) is 14.5. The van der Waals surface area contributed by atoms with Gasteiger partial charge in [-0.05, 0) is 30.3 Å². The van der Waals surface area contributed by atoms with Gasteiger partial charge >= 0.3 is 0 Å². The first kappa shape index (κ1) is 16.4. The van der Waals surface area contributed by atoms with E-state index in [0.29, 0.717) is 18.2 Å². The van der Waals surface area contributed by atoms with E-state index in [1.807, 2.05) is 30.3 Å². The number of benzene rings is 1. The molecule has 1 N–H and O–H groups in total. The number of furan rings is 1. The van der Waals surface area contributed by atoms with Crippen LogP contribution in [0.3, 0.4) is 0 Å². The third kappa shape index (κ3) is 3.61. The molecule has 1 fully saturated rings. The van der Waals surface area contributed by atoms with Gasteiger partial charge in [0.2, 0.25) is 5.95 Å². The minimum atomic E-state index is -0.179. The zero-order chi connectivity index (χ0) is 17.8. The zero-order valence-corrected chi connectivity index (χ0v) is 14.3. The number of hydrogen-bond acceptors (Lipinski definition) is 6. The highest BCUT2D eigenvalue weighted by molar-refractivity contribution is 5.50. The molecule has 0 aliphatic carbocycles. The van der Waals surface area contributed by atoms with Crippen LogP contribution in [0.5, 0.6) is 0 Å². The monoisotopic (exact) mass is 353 g/mol. The molecule has 3 aromatic rings. The van der Waals surface area contributed by atoms with E-state index >= 15 is 0 Å². The first-order chi connectivity index (χ1) is 12.8. The lowest BCUT2D eigenvalue weighted by atomic mass is 10.2. The van der Waals surface area contributed by atoms with Crippen LogP contribution in [0.15, 0.2) is 59.3 Å². The highest BCUT2D eigenvalue weighted by atomic mass is 19.1. The maximum atomic E-state index is 14.0. The Morgan fingerprint density at radius 3 is 2.58 bits per heavy atom. The summed E-state index contributed by atoms with van der Waals surface area (Å²) in [6.45, 7) is 3.53. The van der Waals surface area contributed by atoms with Gasteiger partial charge in [0, 0.05) is 32.4 Å². The van der Waals surface area contributed by atoms with Crippen LogP contribution in [-0.2, 0) is 6.54 Å². The lowest BCUT2D eigenvalue weighted by molar-refractivity contribution is 0.517. The number of piperazine rings is 1. The van der Waals surface area contributed by atoms with E-state index in [2.05, 4.69) is 25.1 Å². The number of para-hydroxylation sites is 1. The number of rotatable bonds is 5. The Hall–Kier alpha value is -3.09. The number of halogens is 1. The summed E-state index contributed by atoms with van der Waals surface area (Å²) in [5.74, 6) is 2.11. The van der Waals surface area contributed by atoms with Crippen LogP contribution in [-0.4, -0.2) is 36.1 Å². The standard InChI is InChI=1S/C19H20FN5O/c20-16-5-1-2-6-17(16)24-9-11-25(12-10-24)19-21-8-7-18(23-19)22-14-15-4-3-13-26-15/h1-8,13H,9-12,14H2,(H,21,22,23). The molecule has 0 radical (unpaired) electrons. The van der Waals surface area contributed by atoms with Crippen molar-refractivity contribution in [3.63, 3.8) is 0 Å². The van der Waals surface area contributed by atoms with Crippen molar-refractivity contribution in [1.29, 1.82) is 0 Å². The first-order valence-corrected chi connectivity index (χ1v) is 8.63. The van der Waals surface area contributed by atoms with Crippen LogP contribution in [0.25, 0.3) is 0 Å². The van der Waals surface area contributed by atoms with Gasteiger partial charge in [-0.1, -0.05) is 12.1 Å². The Bertz CT molecular complexity index is 847. The Balaban J connectivity index is 1.38. The molecular weight excluding hydrogens is 333 g/mol. The average molecular weight is 353 g/mol. The lowest BCUT2D eigenvalue weighted by Crippen LogP contribution is -2.47.